The predicted octanol–water partition coefficient (Wildman–Crippen LogP) is 2.81. The van der Waals surface area contributed by atoms with Crippen LogP contribution in [-0.2, 0) is 16.1 Å². The first-order valence-corrected chi connectivity index (χ1v) is 7.66. The minimum atomic E-state index is -0.175. The number of methoxy groups -OCH3 is 1. The van der Waals surface area contributed by atoms with Crippen molar-refractivity contribution >= 4 is 5.97 Å². The molecule has 114 valence electrons. The fraction of sp³-hybridized carbons (Fsp3) is 0.588. The molecule has 2 aliphatic carbocycles. The summed E-state index contributed by atoms with van der Waals surface area (Å²) in [5.41, 5.74) is 1.71. The summed E-state index contributed by atoms with van der Waals surface area (Å²) in [6.07, 6.45) is 3.45. The molecule has 2 fully saturated rings. The number of hydrogen-bond donors (Lipinski definition) is 1. The molecular formula is C17H22FNO2. The highest BCUT2D eigenvalue weighted by Crippen LogP contribution is 2.49. The number of carbonyl (C=O) groups is 1. The van der Waals surface area contributed by atoms with Crippen molar-refractivity contribution in [1.29, 1.82) is 0 Å². The van der Waals surface area contributed by atoms with Gasteiger partial charge in [-0.3, -0.25) is 4.79 Å². The van der Waals surface area contributed by atoms with Crippen LogP contribution in [-0.4, -0.2) is 19.1 Å². The van der Waals surface area contributed by atoms with Crippen molar-refractivity contribution in [2.24, 2.45) is 17.8 Å². The molecule has 0 aliphatic heterocycles. The quantitative estimate of drug-likeness (QED) is 0.867. The topological polar surface area (TPSA) is 38.3 Å². The number of esters is 1. The molecule has 3 nitrogen and oxygen atoms in total. The number of carbonyl (C=O) groups excluding carboxylic acids is 1. The summed E-state index contributed by atoms with van der Waals surface area (Å²) >= 11 is 0. The summed E-state index contributed by atoms with van der Waals surface area (Å²) in [4.78, 5) is 12.0. The van der Waals surface area contributed by atoms with Crippen LogP contribution < -0.4 is 5.32 Å². The summed E-state index contributed by atoms with van der Waals surface area (Å²) in [5, 5.41) is 3.52. The lowest BCUT2D eigenvalue weighted by Gasteiger charge is -2.30. The van der Waals surface area contributed by atoms with E-state index in [0.29, 0.717) is 23.9 Å². The molecule has 2 saturated carbocycles. The lowest BCUT2D eigenvalue weighted by Crippen LogP contribution is -2.44. The SMILES string of the molecule is COC(=O)[C@@H]1[C@H]2CC[C@H](C2)[C@@H]1NCc1ccc(F)c(C)c1. The third-order valence-electron chi connectivity index (χ3n) is 5.15. The molecule has 0 saturated heterocycles. The molecule has 21 heavy (non-hydrogen) atoms. The van der Waals surface area contributed by atoms with Gasteiger partial charge in [0.05, 0.1) is 13.0 Å². The second-order valence-electron chi connectivity index (χ2n) is 6.37. The summed E-state index contributed by atoms with van der Waals surface area (Å²) < 4.78 is 18.3. The third-order valence-corrected chi connectivity index (χ3v) is 5.15. The molecule has 3 rings (SSSR count). The molecule has 0 spiro atoms. The van der Waals surface area contributed by atoms with Gasteiger partial charge in [0.2, 0.25) is 0 Å². The Kier molecular flexibility index (Phi) is 3.98. The van der Waals surface area contributed by atoms with Crippen molar-refractivity contribution in [1.82, 2.24) is 5.32 Å². The van der Waals surface area contributed by atoms with E-state index in [1.54, 1.807) is 13.0 Å². The Morgan fingerprint density at radius 2 is 2.14 bits per heavy atom. The molecule has 1 aromatic rings. The van der Waals surface area contributed by atoms with Crippen LogP contribution in [0, 0.1) is 30.5 Å². The standard InChI is InChI=1S/C17H22FNO2/c1-10-7-11(3-6-14(10)18)9-19-16-13-5-4-12(8-13)15(16)17(20)21-2/h3,6-7,12-13,15-16,19H,4-5,8-9H2,1-2H3/t12-,13+,15+,16-/m0/s1. The first kappa shape index (κ1) is 14.5. The molecule has 4 atom stereocenters. The maximum atomic E-state index is 13.3. The van der Waals surface area contributed by atoms with Crippen molar-refractivity contribution in [3.63, 3.8) is 0 Å². The van der Waals surface area contributed by atoms with Crippen molar-refractivity contribution in [3.05, 3.63) is 35.1 Å². The number of rotatable bonds is 4. The van der Waals surface area contributed by atoms with E-state index < -0.39 is 0 Å². The molecule has 0 amide bonds. The fourth-order valence-electron chi connectivity index (χ4n) is 4.11. The molecular weight excluding hydrogens is 269 g/mol. The van der Waals surface area contributed by atoms with E-state index in [2.05, 4.69) is 5.32 Å². The monoisotopic (exact) mass is 291 g/mol. The van der Waals surface area contributed by atoms with Gasteiger partial charge in [-0.2, -0.15) is 0 Å². The smallest absolute Gasteiger partial charge is 0.310 e. The van der Waals surface area contributed by atoms with Gasteiger partial charge in [-0.05, 0) is 55.2 Å². The molecule has 0 heterocycles. The van der Waals surface area contributed by atoms with Gasteiger partial charge in [-0.1, -0.05) is 12.1 Å². The summed E-state index contributed by atoms with van der Waals surface area (Å²) in [6, 6.07) is 5.37. The van der Waals surface area contributed by atoms with Gasteiger partial charge in [0, 0.05) is 12.6 Å². The first-order valence-electron chi connectivity index (χ1n) is 7.66. The van der Waals surface area contributed by atoms with Crippen LogP contribution in [0.25, 0.3) is 0 Å². The minimum Gasteiger partial charge on any atom is -0.469 e. The van der Waals surface area contributed by atoms with Gasteiger partial charge in [-0.25, -0.2) is 4.39 Å². The fourth-order valence-corrected chi connectivity index (χ4v) is 4.11. The Balaban J connectivity index is 1.68. The second kappa shape index (κ2) is 5.76. The molecule has 1 aromatic carbocycles. The average molecular weight is 291 g/mol. The Morgan fingerprint density at radius 3 is 2.86 bits per heavy atom. The molecule has 0 radical (unpaired) electrons. The normalized spacial score (nSPS) is 30.6. The number of fused-ring (bicyclic) bond motifs is 2. The maximum absolute atomic E-state index is 13.3. The molecule has 4 heteroatoms. The molecule has 1 N–H and O–H groups in total. The van der Waals surface area contributed by atoms with Gasteiger partial charge in [0.15, 0.2) is 0 Å². The predicted molar refractivity (Wildman–Crippen MR) is 78.1 cm³/mol. The largest absolute Gasteiger partial charge is 0.469 e. The van der Waals surface area contributed by atoms with Crippen LogP contribution in [0.1, 0.15) is 30.4 Å². The van der Waals surface area contributed by atoms with Gasteiger partial charge >= 0.3 is 5.97 Å². The average Bonchev–Trinajstić information content (AvgIpc) is 3.08. The third kappa shape index (κ3) is 2.69. The lowest BCUT2D eigenvalue weighted by molar-refractivity contribution is -0.148. The number of nitrogens with one attached hydrogen (secondary N) is 1. The highest BCUT2D eigenvalue weighted by Gasteiger charge is 2.51. The molecule has 2 bridgehead atoms. The number of halogens is 1. The van der Waals surface area contributed by atoms with E-state index in [-0.39, 0.29) is 23.7 Å². The second-order valence-corrected chi connectivity index (χ2v) is 6.37. The lowest BCUT2D eigenvalue weighted by atomic mass is 9.84. The zero-order valence-electron chi connectivity index (χ0n) is 12.6. The zero-order valence-corrected chi connectivity index (χ0v) is 12.6. The van der Waals surface area contributed by atoms with Crippen LogP contribution >= 0.6 is 0 Å². The zero-order chi connectivity index (χ0) is 15.0. The summed E-state index contributed by atoms with van der Waals surface area (Å²) in [7, 11) is 1.47. The Morgan fingerprint density at radius 1 is 1.38 bits per heavy atom. The highest BCUT2D eigenvalue weighted by atomic mass is 19.1. The van der Waals surface area contributed by atoms with Crippen LogP contribution in [0.3, 0.4) is 0 Å². The molecule has 2 aliphatic rings. The Hall–Kier alpha value is -1.42. The van der Waals surface area contributed by atoms with Crippen LogP contribution in [0.2, 0.25) is 0 Å². The van der Waals surface area contributed by atoms with E-state index >= 15 is 0 Å². The van der Waals surface area contributed by atoms with Crippen molar-refractivity contribution < 1.29 is 13.9 Å². The number of hydrogen-bond acceptors (Lipinski definition) is 3. The van der Waals surface area contributed by atoms with Crippen LogP contribution in [0.4, 0.5) is 4.39 Å². The first-order chi connectivity index (χ1) is 10.1. The number of ether oxygens (including phenoxy) is 1. The van der Waals surface area contributed by atoms with Crippen molar-refractivity contribution in [2.75, 3.05) is 7.11 Å². The minimum absolute atomic E-state index is 0.0182. The molecule has 0 aromatic heterocycles. The van der Waals surface area contributed by atoms with E-state index in [9.17, 15) is 9.18 Å². The van der Waals surface area contributed by atoms with Gasteiger partial charge in [0.1, 0.15) is 5.82 Å². The maximum Gasteiger partial charge on any atom is 0.310 e. The van der Waals surface area contributed by atoms with Gasteiger partial charge in [-0.15, -0.1) is 0 Å². The Labute approximate surface area is 124 Å². The summed E-state index contributed by atoms with van der Waals surface area (Å²) in [5.74, 6) is 0.756. The number of benzene rings is 1. The van der Waals surface area contributed by atoms with E-state index in [0.717, 1.165) is 18.4 Å². The van der Waals surface area contributed by atoms with Crippen molar-refractivity contribution in [3.8, 4) is 0 Å². The van der Waals surface area contributed by atoms with Crippen LogP contribution in [0.15, 0.2) is 18.2 Å². The van der Waals surface area contributed by atoms with E-state index in [4.69, 9.17) is 4.74 Å². The van der Waals surface area contributed by atoms with Gasteiger partial charge in [0.25, 0.3) is 0 Å². The number of aryl methyl sites for hydroxylation is 1. The molecule has 0 unspecified atom stereocenters. The van der Waals surface area contributed by atoms with Gasteiger partial charge < -0.3 is 10.1 Å². The van der Waals surface area contributed by atoms with E-state index in [1.807, 2.05) is 6.07 Å². The summed E-state index contributed by atoms with van der Waals surface area (Å²) in [6.45, 7) is 2.44. The highest BCUT2D eigenvalue weighted by molar-refractivity contribution is 5.74. The van der Waals surface area contributed by atoms with Crippen molar-refractivity contribution in [2.45, 2.75) is 38.8 Å². The van der Waals surface area contributed by atoms with Crippen LogP contribution in [0.5, 0.6) is 0 Å². The Bertz CT molecular complexity index is 546. The van der Waals surface area contributed by atoms with E-state index in [1.165, 1.54) is 19.6 Å².